The molecule has 3 heterocycles. The molecule has 3 rings (SSSR count). The summed E-state index contributed by atoms with van der Waals surface area (Å²) in [5.74, 6) is -0.380. The lowest BCUT2D eigenvalue weighted by Gasteiger charge is -2.48. The zero-order valence-corrected chi connectivity index (χ0v) is 15.9. The Hall–Kier alpha value is -1.10. The molecule has 1 aromatic heterocycles. The third kappa shape index (κ3) is 2.96. The van der Waals surface area contributed by atoms with Gasteiger partial charge in [-0.2, -0.15) is 0 Å². The molecule has 130 valence electrons. The Morgan fingerprint density at radius 1 is 1.50 bits per heavy atom. The largest absolute Gasteiger partial charge is 0.477 e. The van der Waals surface area contributed by atoms with Crippen molar-refractivity contribution >= 4 is 46.9 Å². The molecule has 3 N–H and O–H groups in total. The molecule has 0 bridgehead atoms. The van der Waals surface area contributed by atoms with E-state index in [4.69, 9.17) is 5.73 Å². The summed E-state index contributed by atoms with van der Waals surface area (Å²) in [6.07, 6.45) is 0. The smallest absolute Gasteiger partial charge is 0.352 e. The lowest BCUT2D eigenvalue weighted by Crippen LogP contribution is -2.68. The van der Waals surface area contributed by atoms with Crippen LogP contribution in [-0.4, -0.2) is 54.4 Å². The predicted molar refractivity (Wildman–Crippen MR) is 95.1 cm³/mol. The lowest BCUT2D eigenvalue weighted by molar-refractivity contribution is -0.147. The number of β-lactam (4-membered cyclic amide) rings is 1. The van der Waals surface area contributed by atoms with E-state index < -0.39 is 12.0 Å². The minimum atomic E-state index is -1.08. The third-order valence-electron chi connectivity index (χ3n) is 3.81. The van der Waals surface area contributed by atoms with Crippen molar-refractivity contribution in [3.8, 4) is 0 Å². The van der Waals surface area contributed by atoms with Crippen molar-refractivity contribution < 1.29 is 14.7 Å². The molecule has 0 aliphatic carbocycles. The topological polar surface area (TPSA) is 109 Å². The van der Waals surface area contributed by atoms with Crippen molar-refractivity contribution in [2.24, 2.45) is 5.73 Å². The van der Waals surface area contributed by atoms with E-state index in [0.717, 1.165) is 15.5 Å². The maximum Gasteiger partial charge on any atom is 0.352 e. The Labute approximate surface area is 152 Å². The first-order valence-corrected chi connectivity index (χ1v) is 10.1. The Morgan fingerprint density at radius 2 is 2.21 bits per heavy atom. The van der Waals surface area contributed by atoms with Gasteiger partial charge >= 0.3 is 5.97 Å². The van der Waals surface area contributed by atoms with E-state index in [1.54, 1.807) is 0 Å². The number of hydrogen-bond donors (Lipinski definition) is 2. The van der Waals surface area contributed by atoms with Crippen molar-refractivity contribution in [3.05, 3.63) is 16.1 Å². The van der Waals surface area contributed by atoms with Crippen LogP contribution in [0.1, 0.15) is 25.6 Å². The number of fused-ring (bicyclic) bond motifs is 1. The average molecular weight is 387 g/mol. The van der Waals surface area contributed by atoms with Crippen molar-refractivity contribution in [2.45, 2.75) is 42.6 Å². The fraction of sp³-hybridized carbons (Fsp3) is 0.571. The van der Waals surface area contributed by atoms with Crippen LogP contribution in [0.5, 0.6) is 0 Å². The van der Waals surface area contributed by atoms with Crippen molar-refractivity contribution in [3.63, 3.8) is 0 Å². The second-order valence-electron chi connectivity index (χ2n) is 6.64. The number of aliphatic carboxylic acids is 1. The van der Waals surface area contributed by atoms with Crippen molar-refractivity contribution in [1.29, 1.82) is 0 Å². The summed E-state index contributed by atoms with van der Waals surface area (Å²) < 4.78 is 4.02. The zero-order chi connectivity index (χ0) is 17.6. The molecule has 1 saturated heterocycles. The van der Waals surface area contributed by atoms with Crippen LogP contribution < -0.4 is 5.73 Å². The van der Waals surface area contributed by atoms with E-state index in [1.165, 1.54) is 40.0 Å². The number of hydrogen-bond acceptors (Lipinski definition) is 8. The molecular formula is C14H18N4O3S3. The van der Waals surface area contributed by atoms with Gasteiger partial charge in [-0.1, -0.05) is 37.0 Å². The maximum absolute atomic E-state index is 11.9. The SMILES string of the molecule is CC(C)(C)c1snnc1SCC1=C(C(=O)O)N2C(=O)[C@H](N)C2SC1. The molecule has 2 atom stereocenters. The van der Waals surface area contributed by atoms with Gasteiger partial charge in [-0.25, -0.2) is 4.79 Å². The van der Waals surface area contributed by atoms with E-state index in [2.05, 4.69) is 30.4 Å². The van der Waals surface area contributed by atoms with Gasteiger partial charge < -0.3 is 10.8 Å². The molecule has 1 fully saturated rings. The molecular weight excluding hydrogens is 368 g/mol. The Morgan fingerprint density at radius 3 is 2.83 bits per heavy atom. The molecule has 2 aliphatic heterocycles. The molecule has 1 amide bonds. The minimum Gasteiger partial charge on any atom is -0.477 e. The standard InChI is InChI=1S/C14H18N4O3S3/c1-14(2,3)9-10(16-17-24-9)22-4-6-5-23-12-7(15)11(19)18(12)8(6)13(20)21/h7,12H,4-5,15H2,1-3H3,(H,20,21)/t7-,12?/m0/s1. The Balaban J connectivity index is 1.83. The molecule has 0 saturated carbocycles. The maximum atomic E-state index is 11.9. The Bertz CT molecular complexity index is 725. The predicted octanol–water partition coefficient (Wildman–Crippen LogP) is 1.51. The van der Waals surface area contributed by atoms with Crippen LogP contribution in [-0.2, 0) is 15.0 Å². The molecule has 0 spiro atoms. The van der Waals surface area contributed by atoms with Crippen LogP contribution in [0.2, 0.25) is 0 Å². The highest BCUT2D eigenvalue weighted by Gasteiger charge is 2.51. The number of carboxylic acids is 1. The van der Waals surface area contributed by atoms with Gasteiger partial charge in [0, 0.05) is 16.9 Å². The number of carbonyl (C=O) groups excluding carboxylic acids is 1. The van der Waals surface area contributed by atoms with Crippen LogP contribution in [0.3, 0.4) is 0 Å². The summed E-state index contributed by atoms with van der Waals surface area (Å²) in [5, 5.41) is 14.3. The molecule has 0 aromatic carbocycles. The fourth-order valence-corrected chi connectivity index (χ4v) is 6.03. The minimum absolute atomic E-state index is 0.0624. The van der Waals surface area contributed by atoms with Gasteiger partial charge in [0.15, 0.2) is 0 Å². The third-order valence-corrected chi connectivity index (χ3v) is 7.51. The van der Waals surface area contributed by atoms with Gasteiger partial charge in [0.05, 0.1) is 4.88 Å². The highest BCUT2D eigenvalue weighted by atomic mass is 32.2. The van der Waals surface area contributed by atoms with E-state index in [-0.39, 0.29) is 22.4 Å². The molecule has 24 heavy (non-hydrogen) atoms. The molecule has 1 unspecified atom stereocenters. The molecule has 7 nitrogen and oxygen atoms in total. The average Bonchev–Trinajstić information content (AvgIpc) is 2.99. The van der Waals surface area contributed by atoms with Crippen LogP contribution in [0.15, 0.2) is 16.3 Å². The first-order chi connectivity index (χ1) is 11.2. The van der Waals surface area contributed by atoms with Crippen LogP contribution >= 0.6 is 35.1 Å². The number of nitrogens with zero attached hydrogens (tertiary/aromatic N) is 3. The molecule has 1 aromatic rings. The van der Waals surface area contributed by atoms with Crippen LogP contribution in [0.4, 0.5) is 0 Å². The summed E-state index contributed by atoms with van der Waals surface area (Å²) in [5.41, 5.74) is 6.50. The fourth-order valence-electron chi connectivity index (χ4n) is 2.58. The number of nitrogens with two attached hydrogens (primary N) is 1. The first-order valence-electron chi connectivity index (χ1n) is 7.33. The highest BCUT2D eigenvalue weighted by Crippen LogP contribution is 2.41. The van der Waals surface area contributed by atoms with E-state index in [9.17, 15) is 14.7 Å². The van der Waals surface area contributed by atoms with E-state index in [0.29, 0.717) is 11.5 Å². The van der Waals surface area contributed by atoms with Crippen LogP contribution in [0.25, 0.3) is 0 Å². The molecule has 2 aliphatic rings. The number of rotatable bonds is 4. The summed E-state index contributed by atoms with van der Waals surface area (Å²) in [7, 11) is 0. The van der Waals surface area contributed by atoms with Gasteiger partial charge in [0.2, 0.25) is 5.91 Å². The number of thioether (sulfide) groups is 2. The van der Waals surface area contributed by atoms with Gasteiger partial charge in [-0.3, -0.25) is 9.69 Å². The number of amides is 1. The summed E-state index contributed by atoms with van der Waals surface area (Å²) in [6, 6.07) is -0.603. The highest BCUT2D eigenvalue weighted by molar-refractivity contribution is 8.01. The van der Waals surface area contributed by atoms with E-state index in [1.807, 2.05) is 0 Å². The van der Waals surface area contributed by atoms with E-state index >= 15 is 0 Å². The molecule has 0 radical (unpaired) electrons. The van der Waals surface area contributed by atoms with Crippen LogP contribution in [0, 0.1) is 0 Å². The van der Waals surface area contributed by atoms with Crippen molar-refractivity contribution in [1.82, 2.24) is 14.5 Å². The number of aromatic nitrogens is 2. The van der Waals surface area contributed by atoms with Gasteiger partial charge in [0.1, 0.15) is 22.1 Å². The van der Waals surface area contributed by atoms with Gasteiger partial charge in [-0.05, 0) is 17.1 Å². The normalized spacial score (nSPS) is 24.0. The zero-order valence-electron chi connectivity index (χ0n) is 13.5. The quantitative estimate of drug-likeness (QED) is 0.592. The van der Waals surface area contributed by atoms with Gasteiger partial charge in [-0.15, -0.1) is 16.9 Å². The van der Waals surface area contributed by atoms with Gasteiger partial charge in [0.25, 0.3) is 0 Å². The monoisotopic (exact) mass is 386 g/mol. The molecule has 10 heteroatoms. The number of carbonyl (C=O) groups is 2. The van der Waals surface area contributed by atoms with Crippen molar-refractivity contribution in [2.75, 3.05) is 11.5 Å². The lowest BCUT2D eigenvalue weighted by atomic mass is 9.95. The summed E-state index contributed by atoms with van der Waals surface area (Å²) >= 11 is 4.35. The summed E-state index contributed by atoms with van der Waals surface area (Å²) in [4.78, 5) is 26.0. The Kier molecular flexibility index (Phi) is 4.67. The first kappa shape index (κ1) is 17.7. The second-order valence-corrected chi connectivity index (χ2v) is 9.46. The second kappa shape index (κ2) is 6.32. The summed E-state index contributed by atoms with van der Waals surface area (Å²) in [6.45, 7) is 6.28. The number of carboxylic acid groups (broad SMARTS) is 1.